The number of fused-ring (bicyclic) bond motifs is 1. The van der Waals surface area contributed by atoms with Crippen LogP contribution < -0.4 is 4.90 Å². The first-order valence-corrected chi connectivity index (χ1v) is 10.3. The topological polar surface area (TPSA) is 65.7 Å². The molecular weight excluding hydrogens is 419 g/mol. The van der Waals surface area contributed by atoms with E-state index in [4.69, 9.17) is 4.42 Å². The van der Waals surface area contributed by atoms with Crippen LogP contribution in [-0.4, -0.2) is 71.1 Å². The summed E-state index contributed by atoms with van der Waals surface area (Å²) in [7, 11) is 0. The van der Waals surface area contributed by atoms with Crippen LogP contribution >= 0.6 is 11.3 Å². The van der Waals surface area contributed by atoms with Crippen molar-refractivity contribution >= 4 is 33.3 Å². The van der Waals surface area contributed by atoms with E-state index < -0.39 is 18.6 Å². The molecule has 3 aromatic rings. The lowest BCUT2D eigenvalue weighted by molar-refractivity contribution is -0.163. The van der Waals surface area contributed by atoms with E-state index in [-0.39, 0.29) is 13.1 Å². The van der Waals surface area contributed by atoms with Gasteiger partial charge in [-0.25, -0.2) is 9.97 Å². The van der Waals surface area contributed by atoms with Crippen molar-refractivity contribution in [2.75, 3.05) is 44.2 Å². The summed E-state index contributed by atoms with van der Waals surface area (Å²) in [5.41, 5.74) is 0. The van der Waals surface area contributed by atoms with Gasteiger partial charge in [-0.3, -0.25) is 9.69 Å². The normalized spacial score (nSPS) is 15.6. The number of thiophene rings is 1. The smallest absolute Gasteiger partial charge is 0.406 e. The molecule has 0 radical (unpaired) electrons. The summed E-state index contributed by atoms with van der Waals surface area (Å²) in [5.74, 6) is 0.601. The highest BCUT2D eigenvalue weighted by atomic mass is 32.1. The van der Waals surface area contributed by atoms with E-state index in [9.17, 15) is 18.0 Å². The average molecular weight is 439 g/mol. The van der Waals surface area contributed by atoms with Crippen LogP contribution in [-0.2, 0) is 11.3 Å². The van der Waals surface area contributed by atoms with Crippen molar-refractivity contribution in [3.8, 4) is 0 Å². The van der Waals surface area contributed by atoms with E-state index in [1.54, 1.807) is 23.5 Å². The predicted molar refractivity (Wildman–Crippen MR) is 106 cm³/mol. The molecule has 0 bridgehead atoms. The van der Waals surface area contributed by atoms with Gasteiger partial charge in [-0.05, 0) is 23.6 Å². The fraction of sp³-hybridized carbons (Fsp3) is 0.421. The van der Waals surface area contributed by atoms with Crippen LogP contribution in [0.25, 0.3) is 10.2 Å². The van der Waals surface area contributed by atoms with Crippen LogP contribution in [0.5, 0.6) is 0 Å². The maximum absolute atomic E-state index is 13.0. The van der Waals surface area contributed by atoms with Gasteiger partial charge in [0.05, 0.1) is 24.7 Å². The average Bonchev–Trinajstić information content (AvgIpc) is 3.38. The van der Waals surface area contributed by atoms with Gasteiger partial charge < -0.3 is 14.2 Å². The summed E-state index contributed by atoms with van der Waals surface area (Å²) < 4.78 is 44.0. The molecule has 4 rings (SSSR count). The van der Waals surface area contributed by atoms with Gasteiger partial charge >= 0.3 is 6.18 Å². The van der Waals surface area contributed by atoms with Gasteiger partial charge in [0.1, 0.15) is 29.3 Å². The number of piperazine rings is 1. The Morgan fingerprint density at radius 3 is 2.70 bits per heavy atom. The molecule has 0 aromatic carbocycles. The van der Waals surface area contributed by atoms with Gasteiger partial charge in [0, 0.05) is 26.2 Å². The number of hydrogen-bond acceptors (Lipinski definition) is 7. The lowest BCUT2D eigenvalue weighted by atomic mass is 10.2. The number of nitrogens with zero attached hydrogens (tertiary/aromatic N) is 5. The molecule has 3 aromatic heterocycles. The van der Waals surface area contributed by atoms with Crippen LogP contribution in [0.4, 0.5) is 19.0 Å². The highest BCUT2D eigenvalue weighted by Crippen LogP contribution is 2.27. The molecular formula is C19H20F3N5O2S. The van der Waals surface area contributed by atoms with Crippen LogP contribution in [0.1, 0.15) is 5.76 Å². The van der Waals surface area contributed by atoms with Crippen molar-refractivity contribution in [3.63, 3.8) is 0 Å². The van der Waals surface area contributed by atoms with Crippen LogP contribution in [0, 0.1) is 0 Å². The van der Waals surface area contributed by atoms with Gasteiger partial charge in [0.25, 0.3) is 0 Å². The van der Waals surface area contributed by atoms with Gasteiger partial charge in [0.2, 0.25) is 5.91 Å². The fourth-order valence-electron chi connectivity index (χ4n) is 3.48. The van der Waals surface area contributed by atoms with Gasteiger partial charge in [0.15, 0.2) is 0 Å². The molecule has 0 spiro atoms. The summed E-state index contributed by atoms with van der Waals surface area (Å²) in [4.78, 5) is 27.0. The first-order valence-electron chi connectivity index (χ1n) is 9.41. The lowest BCUT2D eigenvalue weighted by Gasteiger charge is -2.36. The number of anilines is 1. The SMILES string of the molecule is O=C(CN1CCN(c2ncnc3sccc23)CC1)N(Cc1ccco1)CC(F)(F)F. The molecule has 30 heavy (non-hydrogen) atoms. The fourth-order valence-corrected chi connectivity index (χ4v) is 4.20. The molecule has 1 aliphatic heterocycles. The third kappa shape index (κ3) is 4.90. The van der Waals surface area contributed by atoms with Crippen molar-refractivity contribution < 1.29 is 22.4 Å². The summed E-state index contributed by atoms with van der Waals surface area (Å²) in [6.07, 6.45) is -1.56. The maximum Gasteiger partial charge on any atom is 0.406 e. The predicted octanol–water partition coefficient (Wildman–Crippen LogP) is 3.00. The number of furan rings is 1. The Labute approximate surface area is 174 Å². The van der Waals surface area contributed by atoms with E-state index in [2.05, 4.69) is 14.9 Å². The number of amides is 1. The number of aromatic nitrogens is 2. The molecule has 0 saturated carbocycles. The molecule has 1 saturated heterocycles. The Morgan fingerprint density at radius 1 is 1.20 bits per heavy atom. The highest BCUT2D eigenvalue weighted by Gasteiger charge is 2.34. The molecule has 11 heteroatoms. The molecule has 7 nitrogen and oxygen atoms in total. The standard InChI is InChI=1S/C19H20F3N5O2S/c20-19(21,22)12-27(10-14-2-1-8-29-14)16(28)11-25-4-6-26(7-5-25)17-15-3-9-30-18(15)24-13-23-17/h1-3,8-9,13H,4-7,10-12H2. The molecule has 0 aliphatic carbocycles. The third-order valence-electron chi connectivity index (χ3n) is 4.92. The van der Waals surface area contributed by atoms with Gasteiger partial charge in [-0.2, -0.15) is 13.2 Å². The Hall–Kier alpha value is -2.66. The first kappa shape index (κ1) is 20.6. The van der Waals surface area contributed by atoms with Crippen LogP contribution in [0.3, 0.4) is 0 Å². The van der Waals surface area contributed by atoms with E-state index in [1.165, 1.54) is 12.6 Å². The molecule has 160 valence electrons. The van der Waals surface area contributed by atoms with E-state index in [1.807, 2.05) is 16.3 Å². The number of alkyl halides is 3. The largest absolute Gasteiger partial charge is 0.467 e. The zero-order chi connectivity index (χ0) is 21.1. The van der Waals surface area contributed by atoms with Crippen molar-refractivity contribution in [3.05, 3.63) is 41.9 Å². The van der Waals surface area contributed by atoms with Crippen molar-refractivity contribution in [2.45, 2.75) is 12.7 Å². The second kappa shape index (κ2) is 8.60. The highest BCUT2D eigenvalue weighted by molar-refractivity contribution is 7.16. The maximum atomic E-state index is 13.0. The third-order valence-corrected chi connectivity index (χ3v) is 5.74. The summed E-state index contributed by atoms with van der Waals surface area (Å²) in [5, 5.41) is 2.95. The second-order valence-electron chi connectivity index (χ2n) is 7.04. The second-order valence-corrected chi connectivity index (χ2v) is 7.94. The molecule has 0 N–H and O–H groups in total. The number of hydrogen-bond donors (Lipinski definition) is 0. The van der Waals surface area contributed by atoms with E-state index in [0.717, 1.165) is 20.9 Å². The van der Waals surface area contributed by atoms with Crippen molar-refractivity contribution in [1.29, 1.82) is 0 Å². The van der Waals surface area contributed by atoms with E-state index in [0.29, 0.717) is 31.9 Å². The Balaban J connectivity index is 1.37. The number of carbonyl (C=O) groups excluding carboxylic acids is 1. The minimum Gasteiger partial charge on any atom is -0.467 e. The molecule has 0 atom stereocenters. The van der Waals surface area contributed by atoms with Crippen molar-refractivity contribution in [2.24, 2.45) is 0 Å². The van der Waals surface area contributed by atoms with Crippen LogP contribution in [0.15, 0.2) is 40.6 Å². The Kier molecular flexibility index (Phi) is 5.91. The first-order chi connectivity index (χ1) is 14.4. The zero-order valence-electron chi connectivity index (χ0n) is 16.0. The summed E-state index contributed by atoms with van der Waals surface area (Å²) in [6, 6.07) is 5.12. The lowest BCUT2D eigenvalue weighted by Crippen LogP contribution is -2.51. The van der Waals surface area contributed by atoms with Crippen LogP contribution in [0.2, 0.25) is 0 Å². The van der Waals surface area contributed by atoms with Gasteiger partial charge in [-0.15, -0.1) is 11.3 Å². The Bertz CT molecular complexity index is 984. The van der Waals surface area contributed by atoms with Gasteiger partial charge in [-0.1, -0.05) is 0 Å². The number of carbonyl (C=O) groups is 1. The molecule has 1 amide bonds. The quantitative estimate of drug-likeness (QED) is 0.588. The molecule has 4 heterocycles. The molecule has 1 aliphatic rings. The number of halogens is 3. The molecule has 0 unspecified atom stereocenters. The summed E-state index contributed by atoms with van der Waals surface area (Å²) >= 11 is 1.55. The zero-order valence-corrected chi connectivity index (χ0v) is 16.8. The minimum atomic E-state index is -4.47. The van der Waals surface area contributed by atoms with Crippen molar-refractivity contribution in [1.82, 2.24) is 19.8 Å². The van der Waals surface area contributed by atoms with E-state index >= 15 is 0 Å². The number of rotatable bonds is 6. The summed E-state index contributed by atoms with van der Waals surface area (Å²) in [6.45, 7) is 0.803. The molecule has 1 fully saturated rings. The minimum absolute atomic E-state index is 0.0672. The monoisotopic (exact) mass is 439 g/mol. The Morgan fingerprint density at radius 2 is 2.00 bits per heavy atom.